The summed E-state index contributed by atoms with van der Waals surface area (Å²) in [5, 5.41) is 0.916. The van der Waals surface area contributed by atoms with Gasteiger partial charge < -0.3 is 9.72 Å². The van der Waals surface area contributed by atoms with E-state index in [4.69, 9.17) is 4.74 Å². The second kappa shape index (κ2) is 3.62. The van der Waals surface area contributed by atoms with E-state index in [1.807, 2.05) is 18.2 Å². The summed E-state index contributed by atoms with van der Waals surface area (Å²) in [5.41, 5.74) is 1.73. The molecule has 1 aromatic carbocycles. The number of aromatic nitrogens is 1. The molecule has 0 saturated heterocycles. The van der Waals surface area contributed by atoms with Gasteiger partial charge in [-0.3, -0.25) is 4.79 Å². The van der Waals surface area contributed by atoms with Crippen molar-refractivity contribution in [3.05, 3.63) is 30.0 Å². The lowest BCUT2D eigenvalue weighted by Gasteiger charge is -2.03. The predicted octanol–water partition coefficient (Wildman–Crippen LogP) is 3.02. The van der Waals surface area contributed by atoms with Crippen LogP contribution in [0.4, 0.5) is 0 Å². The molecule has 1 aliphatic carbocycles. The lowest BCUT2D eigenvalue weighted by molar-refractivity contribution is 0.0964. The number of nitrogens with one attached hydrogen (secondary N) is 1. The minimum absolute atomic E-state index is 0.207. The van der Waals surface area contributed by atoms with E-state index in [1.165, 1.54) is 0 Å². The fourth-order valence-electron chi connectivity index (χ4n) is 2.40. The SMILES string of the molecule is COc1cccc2[nH]cc(C(=O)C3CC3C)c12. The molecule has 88 valence electrons. The van der Waals surface area contributed by atoms with E-state index in [0.717, 1.165) is 28.6 Å². The van der Waals surface area contributed by atoms with Crippen LogP contribution in [0.1, 0.15) is 23.7 Å². The van der Waals surface area contributed by atoms with Crippen molar-refractivity contribution in [1.82, 2.24) is 4.98 Å². The Hall–Kier alpha value is -1.77. The van der Waals surface area contributed by atoms with Crippen molar-refractivity contribution in [2.45, 2.75) is 13.3 Å². The van der Waals surface area contributed by atoms with Gasteiger partial charge in [-0.15, -0.1) is 0 Å². The van der Waals surface area contributed by atoms with Crippen molar-refractivity contribution in [2.75, 3.05) is 7.11 Å². The van der Waals surface area contributed by atoms with Crippen LogP contribution in [0, 0.1) is 11.8 Å². The van der Waals surface area contributed by atoms with E-state index >= 15 is 0 Å². The molecule has 3 nitrogen and oxygen atoms in total. The minimum Gasteiger partial charge on any atom is -0.496 e. The van der Waals surface area contributed by atoms with Crippen LogP contribution in [0.3, 0.4) is 0 Å². The number of H-pyrrole nitrogens is 1. The molecule has 0 radical (unpaired) electrons. The number of hydrogen-bond donors (Lipinski definition) is 1. The molecule has 1 fully saturated rings. The third kappa shape index (κ3) is 1.54. The highest BCUT2D eigenvalue weighted by atomic mass is 16.5. The lowest BCUT2D eigenvalue weighted by atomic mass is 10.0. The highest BCUT2D eigenvalue weighted by Crippen LogP contribution is 2.42. The standard InChI is InChI=1S/C14H15NO2/c1-8-6-9(8)14(16)10-7-15-11-4-3-5-12(17-2)13(10)11/h3-5,7-9,15H,6H2,1-2H3. The van der Waals surface area contributed by atoms with E-state index in [-0.39, 0.29) is 11.7 Å². The van der Waals surface area contributed by atoms with Crippen molar-refractivity contribution in [3.63, 3.8) is 0 Å². The van der Waals surface area contributed by atoms with Gasteiger partial charge >= 0.3 is 0 Å². The van der Waals surface area contributed by atoms with Gasteiger partial charge in [-0.05, 0) is 24.5 Å². The number of benzene rings is 1. The first-order valence-electron chi connectivity index (χ1n) is 5.90. The molecule has 1 aliphatic rings. The van der Waals surface area contributed by atoms with Gasteiger partial charge in [0.1, 0.15) is 5.75 Å². The van der Waals surface area contributed by atoms with Crippen LogP contribution < -0.4 is 4.74 Å². The molecule has 0 amide bonds. The van der Waals surface area contributed by atoms with Crippen LogP contribution in [0.2, 0.25) is 0 Å². The second-order valence-corrected chi connectivity index (χ2v) is 4.77. The largest absolute Gasteiger partial charge is 0.496 e. The van der Waals surface area contributed by atoms with Gasteiger partial charge in [0.15, 0.2) is 5.78 Å². The quantitative estimate of drug-likeness (QED) is 0.822. The molecule has 3 heteroatoms. The van der Waals surface area contributed by atoms with Gasteiger partial charge in [0.25, 0.3) is 0 Å². The lowest BCUT2D eigenvalue weighted by Crippen LogP contribution is -2.02. The van der Waals surface area contributed by atoms with Crippen molar-refractivity contribution < 1.29 is 9.53 Å². The van der Waals surface area contributed by atoms with Gasteiger partial charge in [0.05, 0.1) is 12.5 Å². The van der Waals surface area contributed by atoms with Gasteiger partial charge in [0, 0.05) is 23.2 Å². The van der Waals surface area contributed by atoms with Crippen LogP contribution in [-0.2, 0) is 0 Å². The number of aromatic amines is 1. The molecule has 2 unspecified atom stereocenters. The average molecular weight is 229 g/mol. The summed E-state index contributed by atoms with van der Waals surface area (Å²) in [6, 6.07) is 5.78. The number of carbonyl (C=O) groups is 1. The minimum atomic E-state index is 0.207. The zero-order chi connectivity index (χ0) is 12.0. The van der Waals surface area contributed by atoms with E-state index in [9.17, 15) is 4.79 Å². The van der Waals surface area contributed by atoms with Gasteiger partial charge in [-0.25, -0.2) is 0 Å². The number of carbonyl (C=O) groups excluding carboxylic acids is 1. The zero-order valence-electron chi connectivity index (χ0n) is 9.99. The molecule has 0 aliphatic heterocycles. The number of Topliss-reactive ketones (excluding diaryl/α,β-unsaturated/α-hetero) is 1. The fraction of sp³-hybridized carbons (Fsp3) is 0.357. The highest BCUT2D eigenvalue weighted by molar-refractivity contribution is 6.11. The summed E-state index contributed by atoms with van der Waals surface area (Å²) in [7, 11) is 1.63. The molecule has 2 aromatic rings. The summed E-state index contributed by atoms with van der Waals surface area (Å²) in [6.07, 6.45) is 2.82. The van der Waals surface area contributed by atoms with E-state index in [0.29, 0.717) is 5.92 Å². The Labute approximate surface area is 99.8 Å². The van der Waals surface area contributed by atoms with Crippen molar-refractivity contribution in [3.8, 4) is 5.75 Å². The van der Waals surface area contributed by atoms with Crippen LogP contribution >= 0.6 is 0 Å². The first-order chi connectivity index (χ1) is 8.22. The molecule has 17 heavy (non-hydrogen) atoms. The Morgan fingerprint density at radius 1 is 1.47 bits per heavy atom. The summed E-state index contributed by atoms with van der Waals surface area (Å²) in [5.74, 6) is 1.75. The second-order valence-electron chi connectivity index (χ2n) is 4.77. The maximum atomic E-state index is 12.3. The first-order valence-corrected chi connectivity index (χ1v) is 5.90. The zero-order valence-corrected chi connectivity index (χ0v) is 9.99. The fourth-order valence-corrected chi connectivity index (χ4v) is 2.40. The number of ether oxygens (including phenoxy) is 1. The Bertz CT molecular complexity index is 585. The van der Waals surface area contributed by atoms with Crippen molar-refractivity contribution in [2.24, 2.45) is 11.8 Å². The topological polar surface area (TPSA) is 42.1 Å². The van der Waals surface area contributed by atoms with Crippen LogP contribution in [0.5, 0.6) is 5.75 Å². The summed E-state index contributed by atoms with van der Waals surface area (Å²) in [4.78, 5) is 15.4. The smallest absolute Gasteiger partial charge is 0.168 e. The van der Waals surface area contributed by atoms with E-state index in [2.05, 4.69) is 11.9 Å². The van der Waals surface area contributed by atoms with Crippen LogP contribution in [-0.4, -0.2) is 17.9 Å². The Balaban J connectivity index is 2.13. The summed E-state index contributed by atoms with van der Waals surface area (Å²) >= 11 is 0. The Morgan fingerprint density at radius 3 is 2.88 bits per heavy atom. The van der Waals surface area contributed by atoms with Crippen molar-refractivity contribution >= 4 is 16.7 Å². The molecular formula is C14H15NO2. The normalized spacial score (nSPS) is 22.7. The maximum absolute atomic E-state index is 12.3. The first kappa shape index (κ1) is 10.4. The molecule has 1 saturated carbocycles. The molecule has 0 bridgehead atoms. The Morgan fingerprint density at radius 2 is 2.24 bits per heavy atom. The molecule has 1 heterocycles. The van der Waals surface area contributed by atoms with E-state index in [1.54, 1.807) is 13.3 Å². The molecule has 2 atom stereocenters. The van der Waals surface area contributed by atoms with Crippen molar-refractivity contribution in [1.29, 1.82) is 0 Å². The number of hydrogen-bond acceptors (Lipinski definition) is 2. The third-order valence-electron chi connectivity index (χ3n) is 3.60. The van der Waals surface area contributed by atoms with Gasteiger partial charge in [-0.2, -0.15) is 0 Å². The van der Waals surface area contributed by atoms with Crippen LogP contribution in [0.15, 0.2) is 24.4 Å². The molecule has 1 aromatic heterocycles. The molecule has 0 spiro atoms. The average Bonchev–Trinajstić information content (AvgIpc) is 2.91. The van der Waals surface area contributed by atoms with Gasteiger partial charge in [-0.1, -0.05) is 13.0 Å². The number of methoxy groups -OCH3 is 1. The molecule has 1 N–H and O–H groups in total. The number of fused-ring (bicyclic) bond motifs is 1. The van der Waals surface area contributed by atoms with Crippen LogP contribution in [0.25, 0.3) is 10.9 Å². The molecule has 3 rings (SSSR count). The summed E-state index contributed by atoms with van der Waals surface area (Å²) in [6.45, 7) is 2.12. The van der Waals surface area contributed by atoms with E-state index < -0.39 is 0 Å². The monoisotopic (exact) mass is 229 g/mol. The maximum Gasteiger partial charge on any atom is 0.168 e. The van der Waals surface area contributed by atoms with Gasteiger partial charge in [0.2, 0.25) is 0 Å². The third-order valence-corrected chi connectivity index (χ3v) is 3.60. The number of ketones is 1. The molecular weight excluding hydrogens is 214 g/mol. The Kier molecular flexibility index (Phi) is 2.21. The highest BCUT2D eigenvalue weighted by Gasteiger charge is 2.40. The predicted molar refractivity (Wildman–Crippen MR) is 66.5 cm³/mol. The summed E-state index contributed by atoms with van der Waals surface area (Å²) < 4.78 is 5.33. The number of rotatable bonds is 3.